The van der Waals surface area contributed by atoms with Crippen LogP contribution in [0.4, 0.5) is 5.69 Å². The molecule has 1 N–H and O–H groups in total. The molecule has 2 aromatic rings. The third-order valence-corrected chi connectivity index (χ3v) is 3.95. The van der Waals surface area contributed by atoms with Gasteiger partial charge in [0.25, 0.3) is 0 Å². The molecule has 0 fully saturated rings. The van der Waals surface area contributed by atoms with Crippen molar-refractivity contribution in [3.05, 3.63) is 69.7 Å². The van der Waals surface area contributed by atoms with Gasteiger partial charge in [0.05, 0.1) is 10.6 Å². The van der Waals surface area contributed by atoms with Crippen molar-refractivity contribution < 1.29 is 0 Å². The van der Waals surface area contributed by atoms with E-state index in [0.29, 0.717) is 10.6 Å². The zero-order valence-corrected chi connectivity index (χ0v) is 13.4. The monoisotopic (exact) mass is 314 g/mol. The number of allylic oxidation sites excluding steroid dienone is 1. The Kier molecular flexibility index (Phi) is 5.32. The average Bonchev–Trinajstić information content (AvgIpc) is 2.50. The van der Waals surface area contributed by atoms with E-state index in [2.05, 4.69) is 11.4 Å². The summed E-state index contributed by atoms with van der Waals surface area (Å²) in [5.74, 6) is 0. The second-order valence-electron chi connectivity index (χ2n) is 4.52. The van der Waals surface area contributed by atoms with Gasteiger partial charge in [-0.2, -0.15) is 5.26 Å². The van der Waals surface area contributed by atoms with Gasteiger partial charge in [-0.05, 0) is 43.0 Å². The van der Waals surface area contributed by atoms with Crippen LogP contribution < -0.4 is 5.32 Å². The zero-order chi connectivity index (χ0) is 15.2. The first-order valence-corrected chi connectivity index (χ1v) is 8.02. The van der Waals surface area contributed by atoms with Gasteiger partial charge in [-0.3, -0.25) is 0 Å². The molecule has 0 aliphatic heterocycles. The first-order chi connectivity index (χ1) is 10.1. The van der Waals surface area contributed by atoms with Crippen molar-refractivity contribution in [1.29, 1.82) is 5.26 Å². The fraction of sp³-hybridized carbons (Fsp3) is 0.118. The maximum atomic E-state index is 9.48. The number of thioether (sulfide) groups is 1. The molecule has 4 heteroatoms. The molecule has 2 aromatic carbocycles. The normalized spacial score (nSPS) is 11.5. The number of hydrogen-bond acceptors (Lipinski definition) is 3. The van der Waals surface area contributed by atoms with Gasteiger partial charge in [0.2, 0.25) is 0 Å². The van der Waals surface area contributed by atoms with Crippen LogP contribution in [0.25, 0.3) is 5.57 Å². The van der Waals surface area contributed by atoms with E-state index in [1.165, 1.54) is 17.3 Å². The summed E-state index contributed by atoms with van der Waals surface area (Å²) >= 11 is 7.41. The van der Waals surface area contributed by atoms with Crippen LogP contribution in [0.5, 0.6) is 0 Å². The quantitative estimate of drug-likeness (QED) is 0.776. The van der Waals surface area contributed by atoms with Crippen molar-refractivity contribution in [3.63, 3.8) is 0 Å². The Bertz CT molecular complexity index is 682. The highest BCUT2D eigenvalue weighted by atomic mass is 35.5. The average molecular weight is 315 g/mol. The molecule has 0 aliphatic carbocycles. The molecule has 21 heavy (non-hydrogen) atoms. The van der Waals surface area contributed by atoms with Crippen LogP contribution in [0, 0.1) is 18.3 Å². The van der Waals surface area contributed by atoms with E-state index < -0.39 is 0 Å². The number of nitrogens with one attached hydrogen (secondary N) is 1. The molecule has 0 saturated heterocycles. The van der Waals surface area contributed by atoms with Crippen LogP contribution in [0.15, 0.2) is 53.6 Å². The highest BCUT2D eigenvalue weighted by Crippen LogP contribution is 2.27. The van der Waals surface area contributed by atoms with E-state index in [1.807, 2.05) is 49.6 Å². The highest BCUT2D eigenvalue weighted by molar-refractivity contribution is 8.02. The first-order valence-electron chi connectivity index (χ1n) is 6.42. The lowest BCUT2D eigenvalue weighted by molar-refractivity contribution is 1.45. The van der Waals surface area contributed by atoms with Crippen LogP contribution in [0.1, 0.15) is 11.1 Å². The number of nitriles is 1. The summed E-state index contributed by atoms with van der Waals surface area (Å²) in [4.78, 5) is 0. The van der Waals surface area contributed by atoms with Gasteiger partial charge in [-0.1, -0.05) is 41.4 Å². The van der Waals surface area contributed by atoms with E-state index in [4.69, 9.17) is 11.6 Å². The number of halogens is 1. The van der Waals surface area contributed by atoms with E-state index in [1.54, 1.807) is 12.1 Å². The number of anilines is 1. The Labute approximate surface area is 134 Å². The van der Waals surface area contributed by atoms with Crippen molar-refractivity contribution in [1.82, 2.24) is 0 Å². The molecule has 2 nitrogen and oxygen atoms in total. The molecule has 0 saturated carbocycles. The second-order valence-corrected chi connectivity index (χ2v) is 5.77. The molecule has 0 radical (unpaired) electrons. The minimum atomic E-state index is 0.611. The topological polar surface area (TPSA) is 35.8 Å². The van der Waals surface area contributed by atoms with Crippen LogP contribution in [0.2, 0.25) is 5.02 Å². The summed E-state index contributed by atoms with van der Waals surface area (Å²) in [5, 5.41) is 14.3. The number of nitrogens with zero attached hydrogens (tertiary/aromatic N) is 1. The third-order valence-electron chi connectivity index (χ3n) is 2.99. The highest BCUT2D eigenvalue weighted by Gasteiger charge is 2.09. The summed E-state index contributed by atoms with van der Waals surface area (Å²) in [6.07, 6.45) is 1.95. The van der Waals surface area contributed by atoms with Crippen molar-refractivity contribution >= 4 is 34.6 Å². The summed E-state index contributed by atoms with van der Waals surface area (Å²) in [6.45, 7) is 2.05. The standard InChI is InChI=1S/C17H15ClN2S/c1-12-3-9-15(10-4-12)20-17(21-2)16(11-19)13-5-7-14(18)8-6-13/h3-10,20H,1-2H3/b17-16+. The Hall–Kier alpha value is -1.89. The summed E-state index contributed by atoms with van der Waals surface area (Å²) in [5.41, 5.74) is 3.63. The van der Waals surface area contributed by atoms with Crippen molar-refractivity contribution in [2.45, 2.75) is 6.92 Å². The number of aryl methyl sites for hydroxylation is 1. The van der Waals surface area contributed by atoms with Crippen molar-refractivity contribution in [3.8, 4) is 6.07 Å². The SMILES string of the molecule is CS/C(Nc1ccc(C)cc1)=C(\C#N)c1ccc(Cl)cc1. The Morgan fingerprint density at radius 1 is 1.10 bits per heavy atom. The Balaban J connectivity index is 2.37. The summed E-state index contributed by atoms with van der Waals surface area (Å²) in [7, 11) is 0. The van der Waals surface area contributed by atoms with Crippen LogP contribution >= 0.6 is 23.4 Å². The largest absolute Gasteiger partial charge is 0.349 e. The first kappa shape index (κ1) is 15.5. The van der Waals surface area contributed by atoms with Crippen LogP contribution in [-0.4, -0.2) is 6.26 Å². The third kappa shape index (κ3) is 4.04. The fourth-order valence-corrected chi connectivity index (χ4v) is 2.56. The second kappa shape index (κ2) is 7.21. The van der Waals surface area contributed by atoms with Crippen LogP contribution in [-0.2, 0) is 0 Å². The maximum Gasteiger partial charge on any atom is 0.103 e. The predicted molar refractivity (Wildman–Crippen MR) is 92.3 cm³/mol. The summed E-state index contributed by atoms with van der Waals surface area (Å²) < 4.78 is 0. The van der Waals surface area contributed by atoms with E-state index in [9.17, 15) is 5.26 Å². The smallest absolute Gasteiger partial charge is 0.103 e. The van der Waals surface area contributed by atoms with E-state index >= 15 is 0 Å². The molecule has 0 unspecified atom stereocenters. The molecule has 0 bridgehead atoms. The minimum absolute atomic E-state index is 0.611. The molecule has 0 atom stereocenters. The Morgan fingerprint density at radius 2 is 1.71 bits per heavy atom. The van der Waals surface area contributed by atoms with Gasteiger partial charge in [0.15, 0.2) is 0 Å². The lowest BCUT2D eigenvalue weighted by atomic mass is 10.1. The molecular weight excluding hydrogens is 300 g/mol. The van der Waals surface area contributed by atoms with Gasteiger partial charge in [0.1, 0.15) is 6.07 Å². The lowest BCUT2D eigenvalue weighted by Crippen LogP contribution is -1.99. The Morgan fingerprint density at radius 3 is 2.24 bits per heavy atom. The van der Waals surface area contributed by atoms with E-state index in [0.717, 1.165) is 16.3 Å². The molecular formula is C17H15ClN2S. The molecule has 0 heterocycles. The molecule has 0 spiro atoms. The van der Waals surface area contributed by atoms with Crippen molar-refractivity contribution in [2.75, 3.05) is 11.6 Å². The zero-order valence-electron chi connectivity index (χ0n) is 11.9. The van der Waals surface area contributed by atoms with Crippen molar-refractivity contribution in [2.24, 2.45) is 0 Å². The molecule has 106 valence electrons. The molecule has 2 rings (SSSR count). The summed E-state index contributed by atoms with van der Waals surface area (Å²) in [6, 6.07) is 17.6. The van der Waals surface area contributed by atoms with Gasteiger partial charge >= 0.3 is 0 Å². The lowest BCUT2D eigenvalue weighted by Gasteiger charge is -2.12. The maximum absolute atomic E-state index is 9.48. The van der Waals surface area contributed by atoms with E-state index in [-0.39, 0.29) is 0 Å². The number of hydrogen-bond donors (Lipinski definition) is 1. The minimum Gasteiger partial charge on any atom is -0.349 e. The van der Waals surface area contributed by atoms with Gasteiger partial charge in [0, 0.05) is 10.7 Å². The van der Waals surface area contributed by atoms with Gasteiger partial charge < -0.3 is 5.32 Å². The number of benzene rings is 2. The van der Waals surface area contributed by atoms with Crippen LogP contribution in [0.3, 0.4) is 0 Å². The fourth-order valence-electron chi connectivity index (χ4n) is 1.85. The molecule has 0 amide bonds. The van der Waals surface area contributed by atoms with Gasteiger partial charge in [-0.25, -0.2) is 0 Å². The molecule has 0 aliphatic rings. The predicted octanol–water partition coefficient (Wildman–Crippen LogP) is 5.32. The molecule has 0 aromatic heterocycles. The van der Waals surface area contributed by atoms with Gasteiger partial charge in [-0.15, -0.1) is 11.8 Å². The number of rotatable bonds is 4.